The van der Waals surface area contributed by atoms with E-state index in [-0.39, 0.29) is 5.82 Å². The van der Waals surface area contributed by atoms with Crippen LogP contribution in [0.4, 0.5) is 4.39 Å². The highest BCUT2D eigenvalue weighted by atomic mass is 32.2. The van der Waals surface area contributed by atoms with Crippen LogP contribution in [-0.2, 0) is 15.1 Å². The van der Waals surface area contributed by atoms with Crippen LogP contribution in [0.3, 0.4) is 0 Å². The Morgan fingerprint density at radius 1 is 0.929 bits per heavy atom. The van der Waals surface area contributed by atoms with E-state index in [4.69, 9.17) is 9.47 Å². The van der Waals surface area contributed by atoms with Gasteiger partial charge in [0.25, 0.3) is 0 Å². The van der Waals surface area contributed by atoms with Crippen LogP contribution in [0.15, 0.2) is 70.5 Å². The lowest BCUT2D eigenvalue weighted by Crippen LogP contribution is -2.32. The van der Waals surface area contributed by atoms with Gasteiger partial charge < -0.3 is 9.47 Å². The summed E-state index contributed by atoms with van der Waals surface area (Å²) in [6, 6.07) is 19.8. The fourth-order valence-electron chi connectivity index (χ4n) is 3.69. The molecule has 2 unspecified atom stereocenters. The SMILES string of the molecule is CCC1(C)OCC(CC)(c2cc(F)cc(Sc3ccc4ccccc4c3)c2)O1. The van der Waals surface area contributed by atoms with Gasteiger partial charge in [-0.25, -0.2) is 4.39 Å². The van der Waals surface area contributed by atoms with Crippen LogP contribution < -0.4 is 0 Å². The second kappa shape index (κ2) is 7.51. The lowest BCUT2D eigenvalue weighted by atomic mass is 9.92. The maximum Gasteiger partial charge on any atom is 0.166 e. The zero-order chi connectivity index (χ0) is 19.8. The van der Waals surface area contributed by atoms with Gasteiger partial charge in [0.15, 0.2) is 5.79 Å². The molecule has 3 aromatic rings. The molecule has 1 fully saturated rings. The highest BCUT2D eigenvalue weighted by Crippen LogP contribution is 2.44. The first-order valence-electron chi connectivity index (χ1n) is 9.77. The van der Waals surface area contributed by atoms with Gasteiger partial charge in [0, 0.05) is 9.79 Å². The van der Waals surface area contributed by atoms with E-state index < -0.39 is 11.4 Å². The molecule has 1 heterocycles. The standard InChI is InChI=1S/C24H25FO2S/c1-4-23(3)26-16-24(5-2,27-23)19-13-20(25)15-22(14-19)28-21-11-10-17-8-6-7-9-18(17)12-21/h6-15H,4-5,16H2,1-3H3. The van der Waals surface area contributed by atoms with Crippen molar-refractivity contribution in [2.75, 3.05) is 6.61 Å². The molecule has 146 valence electrons. The highest BCUT2D eigenvalue weighted by molar-refractivity contribution is 7.99. The number of ether oxygens (including phenoxy) is 2. The fraction of sp³-hybridized carbons (Fsp3) is 0.333. The fourth-order valence-corrected chi connectivity index (χ4v) is 4.64. The zero-order valence-electron chi connectivity index (χ0n) is 16.5. The number of fused-ring (bicyclic) bond motifs is 1. The Kier molecular flexibility index (Phi) is 5.21. The average molecular weight is 397 g/mol. The number of benzene rings is 3. The normalized spacial score (nSPS) is 24.7. The van der Waals surface area contributed by atoms with Crippen molar-refractivity contribution in [2.45, 2.75) is 54.8 Å². The Morgan fingerprint density at radius 3 is 2.43 bits per heavy atom. The summed E-state index contributed by atoms with van der Waals surface area (Å²) < 4.78 is 26.8. The molecular formula is C24H25FO2S. The first-order valence-corrected chi connectivity index (χ1v) is 10.6. The third-order valence-corrected chi connectivity index (χ3v) is 6.55. The molecule has 0 spiro atoms. The third kappa shape index (κ3) is 3.69. The third-order valence-electron chi connectivity index (χ3n) is 5.59. The van der Waals surface area contributed by atoms with Crippen LogP contribution >= 0.6 is 11.8 Å². The van der Waals surface area contributed by atoms with Gasteiger partial charge in [0.05, 0.1) is 6.61 Å². The molecule has 1 aliphatic rings. The van der Waals surface area contributed by atoms with E-state index in [1.54, 1.807) is 23.9 Å². The van der Waals surface area contributed by atoms with Crippen LogP contribution in [-0.4, -0.2) is 12.4 Å². The molecular weight excluding hydrogens is 371 g/mol. The summed E-state index contributed by atoms with van der Waals surface area (Å²) in [6.07, 6.45) is 1.48. The minimum Gasteiger partial charge on any atom is -0.347 e. The summed E-state index contributed by atoms with van der Waals surface area (Å²) >= 11 is 1.57. The van der Waals surface area contributed by atoms with Crippen molar-refractivity contribution in [2.24, 2.45) is 0 Å². The van der Waals surface area contributed by atoms with Gasteiger partial charge in [-0.05, 0) is 66.4 Å². The molecule has 1 saturated heterocycles. The van der Waals surface area contributed by atoms with Crippen LogP contribution in [0.25, 0.3) is 10.8 Å². The molecule has 0 saturated carbocycles. The first kappa shape index (κ1) is 19.4. The maximum absolute atomic E-state index is 14.5. The van der Waals surface area contributed by atoms with Gasteiger partial charge in [-0.3, -0.25) is 0 Å². The van der Waals surface area contributed by atoms with Gasteiger partial charge in [0.2, 0.25) is 0 Å². The van der Waals surface area contributed by atoms with Crippen molar-refractivity contribution in [1.29, 1.82) is 0 Å². The van der Waals surface area contributed by atoms with Crippen molar-refractivity contribution in [3.8, 4) is 0 Å². The summed E-state index contributed by atoms with van der Waals surface area (Å²) in [5.41, 5.74) is 0.237. The summed E-state index contributed by atoms with van der Waals surface area (Å²) in [5.74, 6) is -0.865. The van der Waals surface area contributed by atoms with E-state index in [2.05, 4.69) is 37.3 Å². The monoisotopic (exact) mass is 396 g/mol. The Balaban J connectivity index is 1.66. The summed E-state index contributed by atoms with van der Waals surface area (Å²) in [6.45, 7) is 6.50. The topological polar surface area (TPSA) is 18.5 Å². The zero-order valence-corrected chi connectivity index (χ0v) is 17.3. The van der Waals surface area contributed by atoms with Crippen molar-refractivity contribution in [3.63, 3.8) is 0 Å². The van der Waals surface area contributed by atoms with Gasteiger partial charge in [0.1, 0.15) is 11.4 Å². The second-order valence-electron chi connectivity index (χ2n) is 7.51. The van der Waals surface area contributed by atoms with Crippen molar-refractivity contribution in [3.05, 3.63) is 72.0 Å². The minimum atomic E-state index is -0.617. The van der Waals surface area contributed by atoms with Crippen molar-refractivity contribution < 1.29 is 13.9 Å². The van der Waals surface area contributed by atoms with Gasteiger partial charge >= 0.3 is 0 Å². The predicted molar refractivity (Wildman–Crippen MR) is 112 cm³/mol. The smallest absolute Gasteiger partial charge is 0.166 e. The van der Waals surface area contributed by atoms with Crippen molar-refractivity contribution >= 4 is 22.5 Å². The van der Waals surface area contributed by atoms with E-state index in [0.29, 0.717) is 6.61 Å². The molecule has 1 aliphatic heterocycles. The molecule has 0 aromatic heterocycles. The second-order valence-corrected chi connectivity index (χ2v) is 8.66. The molecule has 0 bridgehead atoms. The molecule has 0 amide bonds. The largest absolute Gasteiger partial charge is 0.347 e. The Hall–Kier alpha value is -1.88. The first-order chi connectivity index (χ1) is 13.5. The quantitative estimate of drug-likeness (QED) is 0.467. The molecule has 0 aliphatic carbocycles. The van der Waals surface area contributed by atoms with Gasteiger partial charge in [-0.2, -0.15) is 0 Å². The van der Waals surface area contributed by atoms with Crippen LogP contribution in [0.2, 0.25) is 0 Å². The lowest BCUT2D eigenvalue weighted by molar-refractivity contribution is -0.179. The maximum atomic E-state index is 14.5. The molecule has 0 radical (unpaired) electrons. The molecule has 3 aromatic carbocycles. The Bertz CT molecular complexity index is 1000. The summed E-state index contributed by atoms with van der Waals surface area (Å²) in [7, 11) is 0. The number of hydrogen-bond acceptors (Lipinski definition) is 3. The molecule has 2 nitrogen and oxygen atoms in total. The highest BCUT2D eigenvalue weighted by Gasteiger charge is 2.47. The minimum absolute atomic E-state index is 0.248. The number of halogens is 1. The van der Waals surface area contributed by atoms with E-state index in [1.165, 1.54) is 10.8 Å². The van der Waals surface area contributed by atoms with E-state index in [9.17, 15) is 4.39 Å². The van der Waals surface area contributed by atoms with E-state index >= 15 is 0 Å². The van der Waals surface area contributed by atoms with Crippen LogP contribution in [0.5, 0.6) is 0 Å². The Morgan fingerprint density at radius 2 is 1.71 bits per heavy atom. The summed E-state index contributed by atoms with van der Waals surface area (Å²) in [4.78, 5) is 1.95. The lowest BCUT2D eigenvalue weighted by Gasteiger charge is -2.30. The molecule has 4 rings (SSSR count). The average Bonchev–Trinajstić information content (AvgIpc) is 3.07. The van der Waals surface area contributed by atoms with Gasteiger partial charge in [-0.1, -0.05) is 55.9 Å². The molecule has 2 atom stereocenters. The predicted octanol–water partition coefficient (Wildman–Crippen LogP) is 6.91. The van der Waals surface area contributed by atoms with E-state index in [1.807, 2.05) is 32.0 Å². The molecule has 4 heteroatoms. The molecule has 28 heavy (non-hydrogen) atoms. The van der Waals surface area contributed by atoms with Crippen LogP contribution in [0, 0.1) is 5.82 Å². The summed E-state index contributed by atoms with van der Waals surface area (Å²) in [5, 5.41) is 2.38. The number of hydrogen-bond donors (Lipinski definition) is 0. The van der Waals surface area contributed by atoms with Crippen molar-refractivity contribution in [1.82, 2.24) is 0 Å². The number of rotatable bonds is 5. The van der Waals surface area contributed by atoms with Gasteiger partial charge in [-0.15, -0.1) is 0 Å². The van der Waals surface area contributed by atoms with E-state index in [0.717, 1.165) is 28.2 Å². The van der Waals surface area contributed by atoms with Crippen LogP contribution in [0.1, 0.15) is 39.2 Å². The molecule has 0 N–H and O–H groups in total. The Labute approximate surface area is 170 Å².